The first kappa shape index (κ1) is 13.1. The van der Waals surface area contributed by atoms with E-state index in [-0.39, 0.29) is 29.7 Å². The zero-order chi connectivity index (χ0) is 14.1. The van der Waals surface area contributed by atoms with Crippen LogP contribution in [0.1, 0.15) is 41.9 Å². The van der Waals surface area contributed by atoms with Crippen molar-refractivity contribution in [2.45, 2.75) is 44.8 Å². The van der Waals surface area contributed by atoms with Gasteiger partial charge in [-0.3, -0.25) is 20.4 Å². The third-order valence-electron chi connectivity index (χ3n) is 3.92. The summed E-state index contributed by atoms with van der Waals surface area (Å²) in [6.45, 7) is 1.64. The van der Waals surface area contributed by atoms with Crippen molar-refractivity contribution in [1.29, 1.82) is 0 Å². The molecule has 2 fully saturated rings. The first-order valence-corrected chi connectivity index (χ1v) is 6.79. The van der Waals surface area contributed by atoms with Crippen LogP contribution >= 0.6 is 0 Å². The van der Waals surface area contributed by atoms with Gasteiger partial charge in [0.05, 0.1) is 12.2 Å². The molecule has 1 aromatic heterocycles. The number of ether oxygens (including phenoxy) is 1. The van der Waals surface area contributed by atoms with E-state index in [2.05, 4.69) is 15.8 Å². The molecule has 20 heavy (non-hydrogen) atoms. The lowest BCUT2D eigenvalue weighted by molar-refractivity contribution is -0.131. The summed E-state index contributed by atoms with van der Waals surface area (Å²) >= 11 is 0. The highest BCUT2D eigenvalue weighted by Crippen LogP contribution is 2.35. The van der Waals surface area contributed by atoms with Crippen LogP contribution in [0.2, 0.25) is 0 Å². The second-order valence-electron chi connectivity index (χ2n) is 5.33. The van der Waals surface area contributed by atoms with Crippen LogP contribution in [-0.2, 0) is 9.53 Å². The molecule has 1 aromatic rings. The largest absolute Gasteiger partial charge is 0.448 e. The smallest absolute Gasteiger partial charge is 0.291 e. The number of hydrazine groups is 1. The van der Waals surface area contributed by atoms with Gasteiger partial charge in [0.1, 0.15) is 5.76 Å². The highest BCUT2D eigenvalue weighted by atomic mass is 16.5. The van der Waals surface area contributed by atoms with Crippen LogP contribution in [0.5, 0.6) is 0 Å². The van der Waals surface area contributed by atoms with Crippen molar-refractivity contribution in [1.82, 2.24) is 15.8 Å². The molecule has 7 nitrogen and oxygen atoms in total. The van der Waals surface area contributed by atoms with Crippen molar-refractivity contribution >= 4 is 11.8 Å². The van der Waals surface area contributed by atoms with Gasteiger partial charge in [0, 0.05) is 5.92 Å². The first-order valence-electron chi connectivity index (χ1n) is 6.79. The van der Waals surface area contributed by atoms with E-state index in [0.717, 1.165) is 25.7 Å². The number of carbonyl (C=O) groups excluding carboxylic acids is 2. The second kappa shape index (κ2) is 5.24. The fourth-order valence-electron chi connectivity index (χ4n) is 2.87. The molecule has 3 heterocycles. The SMILES string of the molecule is Cc1ocnc1C(=O)NNC(=O)C1C[C@H]2CC[C@@H](C1)O2. The predicted octanol–water partition coefficient (Wildman–Crippen LogP) is 0.702. The summed E-state index contributed by atoms with van der Waals surface area (Å²) < 4.78 is 10.6. The molecular formula is C13H17N3O4. The van der Waals surface area contributed by atoms with E-state index in [4.69, 9.17) is 9.15 Å². The molecular weight excluding hydrogens is 262 g/mol. The van der Waals surface area contributed by atoms with Crippen LogP contribution in [0.4, 0.5) is 0 Å². The topological polar surface area (TPSA) is 93.5 Å². The van der Waals surface area contributed by atoms with E-state index in [9.17, 15) is 9.59 Å². The van der Waals surface area contributed by atoms with Gasteiger partial charge in [0.25, 0.3) is 5.91 Å². The van der Waals surface area contributed by atoms with E-state index < -0.39 is 5.91 Å². The van der Waals surface area contributed by atoms with Gasteiger partial charge in [-0.15, -0.1) is 0 Å². The minimum Gasteiger partial charge on any atom is -0.448 e. The molecule has 2 aliphatic rings. The van der Waals surface area contributed by atoms with Crippen molar-refractivity contribution in [2.75, 3.05) is 0 Å². The number of rotatable bonds is 2. The zero-order valence-electron chi connectivity index (χ0n) is 11.2. The molecule has 0 aliphatic carbocycles. The fourth-order valence-corrected chi connectivity index (χ4v) is 2.87. The van der Waals surface area contributed by atoms with Gasteiger partial charge >= 0.3 is 0 Å². The van der Waals surface area contributed by atoms with Gasteiger partial charge in [-0.1, -0.05) is 0 Å². The molecule has 0 aromatic carbocycles. The molecule has 0 spiro atoms. The molecule has 2 saturated heterocycles. The van der Waals surface area contributed by atoms with Crippen LogP contribution < -0.4 is 10.9 Å². The Labute approximate surface area is 116 Å². The van der Waals surface area contributed by atoms with Crippen molar-refractivity contribution in [3.8, 4) is 0 Å². The third kappa shape index (κ3) is 2.53. The number of amides is 2. The lowest BCUT2D eigenvalue weighted by Gasteiger charge is -2.27. The molecule has 3 rings (SSSR count). The number of hydrogen-bond acceptors (Lipinski definition) is 5. The van der Waals surface area contributed by atoms with Crippen molar-refractivity contribution < 1.29 is 18.7 Å². The number of oxazole rings is 1. The van der Waals surface area contributed by atoms with Crippen molar-refractivity contribution in [2.24, 2.45) is 5.92 Å². The van der Waals surface area contributed by atoms with E-state index >= 15 is 0 Å². The first-order chi connectivity index (χ1) is 9.63. The molecule has 2 N–H and O–H groups in total. The van der Waals surface area contributed by atoms with Crippen LogP contribution in [-0.4, -0.2) is 29.0 Å². The quantitative estimate of drug-likeness (QED) is 0.777. The molecule has 2 amide bonds. The van der Waals surface area contributed by atoms with E-state index in [1.165, 1.54) is 6.39 Å². The van der Waals surface area contributed by atoms with Gasteiger partial charge in [-0.25, -0.2) is 4.98 Å². The Kier molecular flexibility index (Phi) is 3.43. The van der Waals surface area contributed by atoms with Crippen molar-refractivity contribution in [3.63, 3.8) is 0 Å². The fraction of sp³-hybridized carbons (Fsp3) is 0.615. The second-order valence-corrected chi connectivity index (χ2v) is 5.33. The number of aromatic nitrogens is 1. The number of carbonyl (C=O) groups is 2. The van der Waals surface area contributed by atoms with E-state index in [1.54, 1.807) is 6.92 Å². The van der Waals surface area contributed by atoms with Gasteiger partial charge < -0.3 is 9.15 Å². The monoisotopic (exact) mass is 279 g/mol. The minimum atomic E-state index is -0.473. The molecule has 2 aliphatic heterocycles. The van der Waals surface area contributed by atoms with Gasteiger partial charge in [0.15, 0.2) is 12.1 Å². The third-order valence-corrected chi connectivity index (χ3v) is 3.92. The zero-order valence-corrected chi connectivity index (χ0v) is 11.2. The van der Waals surface area contributed by atoms with Gasteiger partial charge in [-0.05, 0) is 32.6 Å². The molecule has 0 radical (unpaired) electrons. The number of nitrogens with one attached hydrogen (secondary N) is 2. The standard InChI is InChI=1S/C13H17N3O4/c1-7-11(14-6-19-7)13(18)16-15-12(17)8-4-9-2-3-10(5-8)20-9/h6,8-10H,2-5H2,1H3,(H,15,17)(H,16,18)/t8?,9-,10+. The highest BCUT2D eigenvalue weighted by molar-refractivity contribution is 5.94. The summed E-state index contributed by atoms with van der Waals surface area (Å²) in [7, 11) is 0. The Balaban J connectivity index is 1.52. The maximum atomic E-state index is 12.1. The Morgan fingerprint density at radius 3 is 2.55 bits per heavy atom. The summed E-state index contributed by atoms with van der Waals surface area (Å²) in [6, 6.07) is 0. The normalized spacial score (nSPS) is 28.1. The van der Waals surface area contributed by atoms with Crippen LogP contribution in [0.15, 0.2) is 10.8 Å². The lowest BCUT2D eigenvalue weighted by atomic mass is 9.95. The summed E-state index contributed by atoms with van der Waals surface area (Å²) in [6.07, 6.45) is 5.08. The average Bonchev–Trinajstić information content (AvgIpc) is 3.01. The predicted molar refractivity (Wildman–Crippen MR) is 67.5 cm³/mol. The minimum absolute atomic E-state index is 0.0973. The summed E-state index contributed by atoms with van der Waals surface area (Å²) in [5.74, 6) is -0.319. The Morgan fingerprint density at radius 1 is 1.25 bits per heavy atom. The van der Waals surface area contributed by atoms with Crippen LogP contribution in [0, 0.1) is 12.8 Å². The Bertz CT molecular complexity index is 515. The molecule has 2 bridgehead atoms. The van der Waals surface area contributed by atoms with Crippen LogP contribution in [0.25, 0.3) is 0 Å². The van der Waals surface area contributed by atoms with Crippen molar-refractivity contribution in [3.05, 3.63) is 17.8 Å². The summed E-state index contributed by atoms with van der Waals surface area (Å²) in [5.41, 5.74) is 5.01. The summed E-state index contributed by atoms with van der Waals surface area (Å²) in [5, 5.41) is 0. The lowest BCUT2D eigenvalue weighted by Crippen LogP contribution is -2.46. The Hall–Kier alpha value is -1.89. The molecule has 7 heteroatoms. The Morgan fingerprint density at radius 2 is 1.95 bits per heavy atom. The number of nitrogens with zero attached hydrogens (tertiary/aromatic N) is 1. The number of fused-ring (bicyclic) bond motifs is 2. The molecule has 0 saturated carbocycles. The van der Waals surface area contributed by atoms with Crippen LogP contribution in [0.3, 0.4) is 0 Å². The maximum Gasteiger partial charge on any atom is 0.291 e. The van der Waals surface area contributed by atoms with Gasteiger partial charge in [0.2, 0.25) is 5.91 Å². The highest BCUT2D eigenvalue weighted by Gasteiger charge is 2.38. The average molecular weight is 279 g/mol. The molecule has 108 valence electrons. The number of aryl methyl sites for hydroxylation is 1. The molecule has 3 atom stereocenters. The molecule has 1 unspecified atom stereocenters. The summed E-state index contributed by atoms with van der Waals surface area (Å²) in [4.78, 5) is 27.6. The van der Waals surface area contributed by atoms with E-state index in [0.29, 0.717) is 5.76 Å². The van der Waals surface area contributed by atoms with Gasteiger partial charge in [-0.2, -0.15) is 0 Å². The van der Waals surface area contributed by atoms with E-state index in [1.807, 2.05) is 0 Å². The number of hydrogen-bond donors (Lipinski definition) is 2. The maximum absolute atomic E-state index is 12.1.